The number of nitrogens with one attached hydrogen (secondary N) is 2. The van der Waals surface area contributed by atoms with Crippen LogP contribution in [0.1, 0.15) is 5.56 Å². The molecule has 9 heteroatoms. The molecule has 0 radical (unpaired) electrons. The van der Waals surface area contributed by atoms with Crippen molar-refractivity contribution in [2.75, 3.05) is 12.4 Å². The van der Waals surface area contributed by atoms with E-state index >= 15 is 0 Å². The molecule has 0 aliphatic rings. The van der Waals surface area contributed by atoms with E-state index in [-0.39, 0.29) is 5.70 Å². The summed E-state index contributed by atoms with van der Waals surface area (Å²) in [5, 5.41) is 17.8. The zero-order valence-electron chi connectivity index (χ0n) is 15.2. The first kappa shape index (κ1) is 19.6. The number of hydrogen-bond acceptors (Lipinski definition) is 7. The Hall–Kier alpha value is -3.14. The Balaban J connectivity index is 1.74. The number of amides is 1. The van der Waals surface area contributed by atoms with Crippen LogP contribution in [0.4, 0.5) is 5.69 Å². The van der Waals surface area contributed by atoms with Gasteiger partial charge < -0.3 is 20.8 Å². The number of hydrogen-bond donors (Lipinski definition) is 4. The van der Waals surface area contributed by atoms with Gasteiger partial charge in [0.25, 0.3) is 5.91 Å². The highest BCUT2D eigenvalue weighted by molar-refractivity contribution is 8.00. The Labute approximate surface area is 166 Å². The molecule has 0 saturated heterocycles. The van der Waals surface area contributed by atoms with Gasteiger partial charge in [0.15, 0.2) is 11.6 Å². The van der Waals surface area contributed by atoms with Crippen molar-refractivity contribution in [2.24, 2.45) is 10.9 Å². The lowest BCUT2D eigenvalue weighted by Crippen LogP contribution is -2.19. The number of anilines is 1. The number of nitrogens with zero attached hydrogens (tertiary/aromatic N) is 2. The quantitative estimate of drug-likeness (QED) is 0.356. The van der Waals surface area contributed by atoms with Gasteiger partial charge in [-0.1, -0.05) is 30.1 Å². The van der Waals surface area contributed by atoms with Crippen LogP contribution < -0.4 is 16.2 Å². The van der Waals surface area contributed by atoms with E-state index in [4.69, 9.17) is 15.6 Å². The molecule has 0 fully saturated rings. The summed E-state index contributed by atoms with van der Waals surface area (Å²) in [5.41, 5.74) is 9.08. The van der Waals surface area contributed by atoms with Crippen molar-refractivity contribution in [3.8, 4) is 22.8 Å². The number of aromatic nitrogens is 3. The number of H-pyrrole nitrogens is 1. The van der Waals surface area contributed by atoms with Crippen LogP contribution in [0.15, 0.2) is 59.6 Å². The van der Waals surface area contributed by atoms with Crippen LogP contribution in [0.5, 0.6) is 0 Å². The third-order valence-corrected chi connectivity index (χ3v) is 4.26. The number of methoxy groups -OCH3 is 1. The van der Waals surface area contributed by atoms with Crippen molar-refractivity contribution in [3.63, 3.8) is 0 Å². The van der Waals surface area contributed by atoms with Crippen LogP contribution in [0.2, 0.25) is 0 Å². The van der Waals surface area contributed by atoms with Gasteiger partial charge in [0.1, 0.15) is 5.70 Å². The van der Waals surface area contributed by atoms with E-state index in [0.717, 1.165) is 28.6 Å². The van der Waals surface area contributed by atoms with Crippen LogP contribution in [0.3, 0.4) is 0 Å². The predicted molar refractivity (Wildman–Crippen MR) is 111 cm³/mol. The van der Waals surface area contributed by atoms with Gasteiger partial charge in [-0.05, 0) is 35.9 Å². The van der Waals surface area contributed by atoms with Crippen molar-refractivity contribution >= 4 is 23.5 Å². The molecular weight excluding hydrogens is 376 g/mol. The third kappa shape index (κ3) is 4.77. The smallest absolute Gasteiger partial charge is 0.272 e. The summed E-state index contributed by atoms with van der Waals surface area (Å²) >= 11 is 0.878. The Morgan fingerprint density at radius 1 is 1.18 bits per heavy atom. The van der Waals surface area contributed by atoms with E-state index in [9.17, 15) is 4.79 Å². The summed E-state index contributed by atoms with van der Waals surface area (Å²) in [6, 6.07) is 15.1. The lowest BCUT2D eigenvalue weighted by Gasteiger charge is -2.05. The standard InChI is InChI=1S/C19H20N6O2S/c1-27-10-12-3-2-4-14(9-12)18-23-17(24-25-18)13-5-7-15(8-6-13)22-19(26)16(20)11-28-21/h2-9,11H,10,20-21H2,1H3,(H,22,26)(H,23,24,25)/b16-11-. The van der Waals surface area contributed by atoms with Gasteiger partial charge in [0.05, 0.1) is 6.61 Å². The molecule has 1 amide bonds. The molecule has 8 nitrogen and oxygen atoms in total. The molecule has 3 aromatic rings. The van der Waals surface area contributed by atoms with E-state index < -0.39 is 5.91 Å². The summed E-state index contributed by atoms with van der Waals surface area (Å²) in [7, 11) is 1.66. The van der Waals surface area contributed by atoms with Crippen molar-refractivity contribution < 1.29 is 9.53 Å². The highest BCUT2D eigenvalue weighted by Gasteiger charge is 2.09. The number of benzene rings is 2. The largest absolute Gasteiger partial charge is 0.394 e. The van der Waals surface area contributed by atoms with E-state index in [1.807, 2.05) is 36.4 Å². The van der Waals surface area contributed by atoms with Gasteiger partial charge in [0.2, 0.25) is 0 Å². The molecule has 0 atom stereocenters. The minimum Gasteiger partial charge on any atom is -0.394 e. The first-order valence-corrected chi connectivity index (χ1v) is 9.29. The van der Waals surface area contributed by atoms with Crippen LogP contribution >= 0.6 is 11.9 Å². The average molecular weight is 396 g/mol. The molecule has 0 unspecified atom stereocenters. The fourth-order valence-corrected chi connectivity index (χ4v) is 2.79. The molecule has 2 aromatic carbocycles. The maximum atomic E-state index is 11.9. The van der Waals surface area contributed by atoms with Crippen LogP contribution in [0, 0.1) is 0 Å². The summed E-state index contributed by atoms with van der Waals surface area (Å²) in [6.45, 7) is 0.533. The topological polar surface area (TPSA) is 132 Å². The van der Waals surface area contributed by atoms with Gasteiger partial charge in [-0.15, -0.1) is 10.2 Å². The molecule has 0 bridgehead atoms. The van der Waals surface area contributed by atoms with Gasteiger partial charge in [-0.2, -0.15) is 0 Å². The number of nitrogens with two attached hydrogens (primary N) is 2. The second-order valence-electron chi connectivity index (χ2n) is 5.90. The van der Waals surface area contributed by atoms with Gasteiger partial charge >= 0.3 is 0 Å². The maximum Gasteiger partial charge on any atom is 0.272 e. The Kier molecular flexibility index (Phi) is 6.43. The Bertz CT molecular complexity index is 984. The predicted octanol–water partition coefficient (Wildman–Crippen LogP) is 2.63. The molecule has 0 aliphatic heterocycles. The van der Waals surface area contributed by atoms with Gasteiger partial charge in [-0.25, -0.2) is 0 Å². The SMILES string of the molecule is COCc1cccc(-c2nnc(-c3ccc(NC(=O)/C(N)=C/SN)cc3)[nH]2)c1. The maximum absolute atomic E-state index is 11.9. The Morgan fingerprint density at radius 3 is 2.57 bits per heavy atom. The highest BCUT2D eigenvalue weighted by Crippen LogP contribution is 2.22. The third-order valence-electron chi connectivity index (χ3n) is 3.87. The molecule has 1 aromatic heterocycles. The fourth-order valence-electron chi connectivity index (χ4n) is 2.54. The summed E-state index contributed by atoms with van der Waals surface area (Å²) in [5.74, 6) is 0.884. The lowest BCUT2D eigenvalue weighted by atomic mass is 10.1. The normalized spacial score (nSPS) is 11.4. The van der Waals surface area contributed by atoms with Gasteiger partial charge in [-0.3, -0.25) is 9.93 Å². The molecule has 0 aliphatic carbocycles. The number of carbonyl (C=O) groups excluding carboxylic acids is 1. The number of carbonyl (C=O) groups is 1. The molecule has 28 heavy (non-hydrogen) atoms. The minimum absolute atomic E-state index is 0.0483. The minimum atomic E-state index is -0.413. The molecule has 3 rings (SSSR count). The fraction of sp³-hybridized carbons (Fsp3) is 0.105. The lowest BCUT2D eigenvalue weighted by molar-refractivity contribution is -0.112. The van der Waals surface area contributed by atoms with Crippen molar-refractivity contribution in [1.29, 1.82) is 0 Å². The summed E-state index contributed by atoms with van der Waals surface area (Å²) in [6.07, 6.45) is 0. The summed E-state index contributed by atoms with van der Waals surface area (Å²) < 4.78 is 5.17. The van der Waals surface area contributed by atoms with E-state index in [1.165, 1.54) is 5.41 Å². The zero-order chi connectivity index (χ0) is 19.9. The number of aromatic amines is 1. The van der Waals surface area contributed by atoms with Gasteiger partial charge in [0, 0.05) is 29.3 Å². The average Bonchev–Trinajstić information content (AvgIpc) is 3.19. The number of ether oxygens (including phenoxy) is 1. The second kappa shape index (κ2) is 9.18. The molecule has 0 saturated carbocycles. The first-order valence-electron chi connectivity index (χ1n) is 8.34. The Morgan fingerprint density at radius 2 is 1.89 bits per heavy atom. The zero-order valence-corrected chi connectivity index (χ0v) is 16.0. The van der Waals surface area contributed by atoms with E-state index in [0.29, 0.717) is 23.9 Å². The molecule has 144 valence electrons. The number of rotatable bonds is 7. The van der Waals surface area contributed by atoms with Crippen LogP contribution in [-0.2, 0) is 16.1 Å². The van der Waals surface area contributed by atoms with Crippen molar-refractivity contribution in [2.45, 2.75) is 6.61 Å². The van der Waals surface area contributed by atoms with Crippen LogP contribution in [0.25, 0.3) is 22.8 Å². The monoisotopic (exact) mass is 396 g/mol. The van der Waals surface area contributed by atoms with E-state index in [2.05, 4.69) is 20.5 Å². The summed E-state index contributed by atoms with van der Waals surface area (Å²) in [4.78, 5) is 15.1. The molecule has 1 heterocycles. The first-order chi connectivity index (χ1) is 13.6. The molecule has 0 spiro atoms. The van der Waals surface area contributed by atoms with Crippen molar-refractivity contribution in [3.05, 3.63) is 65.2 Å². The van der Waals surface area contributed by atoms with Crippen molar-refractivity contribution in [1.82, 2.24) is 15.2 Å². The molecule has 6 N–H and O–H groups in total. The van der Waals surface area contributed by atoms with Crippen LogP contribution in [-0.4, -0.2) is 28.2 Å². The second-order valence-corrected chi connectivity index (χ2v) is 6.40. The highest BCUT2D eigenvalue weighted by atomic mass is 32.2. The van der Waals surface area contributed by atoms with E-state index in [1.54, 1.807) is 19.2 Å². The molecular formula is C19H20N6O2S.